The zero-order valence-corrected chi connectivity index (χ0v) is 66.2. The van der Waals surface area contributed by atoms with Crippen molar-refractivity contribution in [3.8, 4) is 0 Å². The van der Waals surface area contributed by atoms with Crippen LogP contribution in [0.25, 0.3) is 0 Å². The van der Waals surface area contributed by atoms with E-state index in [1.807, 2.05) is 0 Å². The summed E-state index contributed by atoms with van der Waals surface area (Å²) in [5.41, 5.74) is 0. The van der Waals surface area contributed by atoms with Gasteiger partial charge in [-0.05, 0) is 49.4 Å². The molecule has 0 saturated heterocycles. The van der Waals surface area contributed by atoms with Gasteiger partial charge in [0.15, 0.2) is 12.2 Å². The quantitative estimate of drug-likeness (QED) is 0.0222. The van der Waals surface area contributed by atoms with Crippen molar-refractivity contribution in [2.75, 3.05) is 39.6 Å². The second-order valence-corrected chi connectivity index (χ2v) is 33.0. The van der Waals surface area contributed by atoms with E-state index in [-0.39, 0.29) is 25.7 Å². The van der Waals surface area contributed by atoms with Crippen LogP contribution in [-0.2, 0) is 65.4 Å². The predicted molar refractivity (Wildman–Crippen MR) is 400 cm³/mol. The van der Waals surface area contributed by atoms with Crippen LogP contribution >= 0.6 is 15.6 Å². The van der Waals surface area contributed by atoms with Gasteiger partial charge in [0.05, 0.1) is 26.4 Å². The van der Waals surface area contributed by atoms with Gasteiger partial charge in [-0.1, -0.05) is 351 Å². The first-order valence-corrected chi connectivity index (χ1v) is 43.7. The first kappa shape index (κ1) is 96.1. The molecule has 0 rings (SSSR count). The minimum Gasteiger partial charge on any atom is -0.462 e. The fourth-order valence-corrected chi connectivity index (χ4v) is 13.6. The molecule has 0 aliphatic carbocycles. The van der Waals surface area contributed by atoms with E-state index in [1.54, 1.807) is 0 Å². The molecule has 0 saturated carbocycles. The molecule has 0 aliphatic heterocycles. The summed E-state index contributed by atoms with van der Waals surface area (Å²) in [4.78, 5) is 72.9. The zero-order valence-electron chi connectivity index (χ0n) is 64.4. The van der Waals surface area contributed by atoms with Gasteiger partial charge < -0.3 is 33.8 Å². The van der Waals surface area contributed by atoms with E-state index in [9.17, 15) is 43.2 Å². The number of hydrogen-bond acceptors (Lipinski definition) is 15. The van der Waals surface area contributed by atoms with Gasteiger partial charge in [0, 0.05) is 25.7 Å². The third-order valence-corrected chi connectivity index (χ3v) is 20.6. The Hall–Kier alpha value is -1.94. The lowest BCUT2D eigenvalue weighted by molar-refractivity contribution is -0.161. The molecule has 0 amide bonds. The SMILES string of the molecule is CCC(C)CCCCCCCCCCCCC(=O)O[C@H](COC(=O)CCCCCCCCCC(C)C)COP(=O)(O)OCC(O)COP(=O)(O)OC[C@@H](COC(=O)CCCCCCCCCCCCC(C)C)OC(=O)CCCCCCCCCCCCCCCCCCCCC(C)C. The molecule has 19 heteroatoms. The molecule has 0 bridgehead atoms. The van der Waals surface area contributed by atoms with E-state index in [0.29, 0.717) is 31.6 Å². The second kappa shape index (κ2) is 68.2. The second-order valence-electron chi connectivity index (χ2n) is 30.1. The van der Waals surface area contributed by atoms with Crippen molar-refractivity contribution in [3.05, 3.63) is 0 Å². The highest BCUT2D eigenvalue weighted by Crippen LogP contribution is 2.45. The van der Waals surface area contributed by atoms with Crippen molar-refractivity contribution >= 4 is 39.5 Å². The summed E-state index contributed by atoms with van der Waals surface area (Å²) in [5.74, 6) is 0.969. The average molecular weight is 1440 g/mol. The lowest BCUT2D eigenvalue weighted by atomic mass is 9.99. The normalized spacial score (nSPS) is 14.3. The van der Waals surface area contributed by atoms with Crippen LogP contribution in [0.5, 0.6) is 0 Å². The topological polar surface area (TPSA) is 237 Å². The highest BCUT2D eigenvalue weighted by atomic mass is 31.2. The van der Waals surface area contributed by atoms with Gasteiger partial charge in [-0.15, -0.1) is 0 Å². The Kier molecular flexibility index (Phi) is 66.8. The fraction of sp³-hybridized carbons (Fsp3) is 0.949. The van der Waals surface area contributed by atoms with E-state index in [4.69, 9.17) is 37.0 Å². The molecule has 0 fully saturated rings. The van der Waals surface area contributed by atoms with Crippen molar-refractivity contribution < 1.29 is 80.2 Å². The number of esters is 4. The molecular weight excluding hydrogens is 1280 g/mol. The molecule has 3 N–H and O–H groups in total. The molecule has 582 valence electrons. The van der Waals surface area contributed by atoms with Crippen molar-refractivity contribution in [1.29, 1.82) is 0 Å². The van der Waals surface area contributed by atoms with Crippen LogP contribution in [0.2, 0.25) is 0 Å². The molecule has 0 radical (unpaired) electrons. The standard InChI is InChI=1S/C79H154O17P2/c1-9-72(8)58-50-42-34-26-21-23-29-37-46-54-62-79(84)96-75(66-90-77(82)60-52-44-38-30-33-41-49-57-71(6)7)68-94-98(87,88)92-64-73(80)63-91-97(85,86)93-67-74(65-89-76(81)59-51-43-35-27-22-20-25-32-40-48-56-70(4)5)95-78(83)61-53-45-36-28-19-17-15-13-11-10-12-14-16-18-24-31-39-47-55-69(2)3/h69-75,80H,9-68H2,1-8H3,(H,85,86)(H,87,88)/t72?,73?,74-,75-/m1/s1. The van der Waals surface area contributed by atoms with Crippen molar-refractivity contribution in [1.82, 2.24) is 0 Å². The van der Waals surface area contributed by atoms with E-state index in [1.165, 1.54) is 199 Å². The first-order valence-electron chi connectivity index (χ1n) is 40.7. The largest absolute Gasteiger partial charge is 0.472 e. The number of aliphatic hydroxyl groups is 1. The maximum Gasteiger partial charge on any atom is 0.472 e. The number of phosphoric ester groups is 2. The van der Waals surface area contributed by atoms with Crippen LogP contribution in [0, 0.1) is 23.7 Å². The van der Waals surface area contributed by atoms with Crippen LogP contribution in [0.4, 0.5) is 0 Å². The smallest absolute Gasteiger partial charge is 0.462 e. The maximum atomic E-state index is 13.1. The number of aliphatic hydroxyl groups excluding tert-OH is 1. The van der Waals surface area contributed by atoms with E-state index < -0.39 is 97.5 Å². The van der Waals surface area contributed by atoms with Gasteiger partial charge in [0.25, 0.3) is 0 Å². The van der Waals surface area contributed by atoms with Crippen LogP contribution in [0.3, 0.4) is 0 Å². The van der Waals surface area contributed by atoms with Crippen LogP contribution < -0.4 is 0 Å². The minimum absolute atomic E-state index is 0.105. The van der Waals surface area contributed by atoms with E-state index in [0.717, 1.165) is 114 Å². The molecule has 0 aromatic rings. The third-order valence-electron chi connectivity index (χ3n) is 18.7. The van der Waals surface area contributed by atoms with Gasteiger partial charge in [0.1, 0.15) is 19.3 Å². The fourth-order valence-electron chi connectivity index (χ4n) is 12.0. The highest BCUT2D eigenvalue weighted by molar-refractivity contribution is 7.47. The molecule has 0 spiro atoms. The molecule has 0 heterocycles. The monoisotopic (exact) mass is 1440 g/mol. The molecule has 98 heavy (non-hydrogen) atoms. The molecular formula is C79H154O17P2. The summed E-state index contributed by atoms with van der Waals surface area (Å²) >= 11 is 0. The number of carbonyl (C=O) groups excluding carboxylic acids is 4. The highest BCUT2D eigenvalue weighted by Gasteiger charge is 2.30. The summed E-state index contributed by atoms with van der Waals surface area (Å²) in [6, 6.07) is 0. The lowest BCUT2D eigenvalue weighted by Gasteiger charge is -2.21. The number of hydrogen-bond donors (Lipinski definition) is 3. The lowest BCUT2D eigenvalue weighted by Crippen LogP contribution is -2.30. The van der Waals surface area contributed by atoms with E-state index >= 15 is 0 Å². The zero-order chi connectivity index (χ0) is 72.4. The molecule has 4 unspecified atom stereocenters. The molecule has 0 aromatic carbocycles. The summed E-state index contributed by atoms with van der Waals surface area (Å²) in [7, 11) is -9.92. The van der Waals surface area contributed by atoms with Crippen molar-refractivity contribution in [3.63, 3.8) is 0 Å². The third kappa shape index (κ3) is 71.1. The van der Waals surface area contributed by atoms with Crippen LogP contribution in [0.15, 0.2) is 0 Å². The minimum atomic E-state index is -4.96. The summed E-state index contributed by atoms with van der Waals surface area (Å²) in [6.45, 7) is 14.2. The Morgan fingerprint density at radius 3 is 0.724 bits per heavy atom. The Morgan fingerprint density at radius 2 is 0.490 bits per heavy atom. The maximum absolute atomic E-state index is 13.1. The summed E-state index contributed by atoms with van der Waals surface area (Å²) in [6.07, 6.45) is 54.2. The number of rotatable bonds is 76. The van der Waals surface area contributed by atoms with Crippen molar-refractivity contribution in [2.45, 2.75) is 420 Å². The number of unbranched alkanes of at least 4 members (excludes halogenated alkanes) is 41. The van der Waals surface area contributed by atoms with E-state index in [2.05, 4.69) is 55.4 Å². The Balaban J connectivity index is 5.22. The number of phosphoric acid groups is 2. The van der Waals surface area contributed by atoms with Crippen LogP contribution in [-0.4, -0.2) is 96.7 Å². The Labute approximate surface area is 600 Å². The van der Waals surface area contributed by atoms with Crippen LogP contribution in [0.1, 0.15) is 402 Å². The molecule has 0 aromatic heterocycles. The Bertz CT molecular complexity index is 1920. The number of carbonyl (C=O) groups is 4. The summed E-state index contributed by atoms with van der Waals surface area (Å²) in [5, 5.41) is 10.6. The van der Waals surface area contributed by atoms with Gasteiger partial charge >= 0.3 is 39.5 Å². The number of ether oxygens (including phenoxy) is 4. The molecule has 17 nitrogen and oxygen atoms in total. The van der Waals surface area contributed by atoms with Crippen molar-refractivity contribution in [2.24, 2.45) is 23.7 Å². The average Bonchev–Trinajstić information content (AvgIpc) is 1.08. The van der Waals surface area contributed by atoms with Gasteiger partial charge in [-0.25, -0.2) is 9.13 Å². The summed E-state index contributed by atoms with van der Waals surface area (Å²) < 4.78 is 68.6. The first-order chi connectivity index (χ1) is 47.1. The van der Waals surface area contributed by atoms with Gasteiger partial charge in [-0.3, -0.25) is 37.3 Å². The van der Waals surface area contributed by atoms with Gasteiger partial charge in [-0.2, -0.15) is 0 Å². The molecule has 0 aliphatic rings. The van der Waals surface area contributed by atoms with Gasteiger partial charge in [0.2, 0.25) is 0 Å². The predicted octanol–water partition coefficient (Wildman–Crippen LogP) is 23.2. The molecule has 6 atom stereocenters. The Morgan fingerprint density at radius 1 is 0.286 bits per heavy atom.